The van der Waals surface area contributed by atoms with Crippen molar-refractivity contribution in [2.75, 3.05) is 5.73 Å². The zero-order chi connectivity index (χ0) is 16.4. The summed E-state index contributed by atoms with van der Waals surface area (Å²) in [7, 11) is 0. The summed E-state index contributed by atoms with van der Waals surface area (Å²) in [5.74, 6) is -0.398. The zero-order valence-electron chi connectivity index (χ0n) is 12.2. The fourth-order valence-corrected chi connectivity index (χ4v) is 2.32. The van der Waals surface area contributed by atoms with E-state index in [2.05, 4.69) is 4.98 Å². The van der Waals surface area contributed by atoms with Gasteiger partial charge in [0.15, 0.2) is 0 Å². The number of nitrogen functional groups attached to an aromatic ring is 1. The van der Waals surface area contributed by atoms with Crippen LogP contribution < -0.4 is 11.5 Å². The van der Waals surface area contributed by atoms with Crippen LogP contribution in [0.2, 0.25) is 0 Å². The van der Waals surface area contributed by atoms with Crippen LogP contribution in [0.3, 0.4) is 0 Å². The number of pyridine rings is 1. The average molecular weight is 307 g/mol. The van der Waals surface area contributed by atoms with Crippen molar-refractivity contribution in [3.63, 3.8) is 0 Å². The van der Waals surface area contributed by atoms with E-state index in [1.165, 1.54) is 12.1 Å². The Morgan fingerprint density at radius 3 is 2.13 bits per heavy atom. The first kappa shape index (κ1) is 14.7. The molecule has 5 heteroatoms. The van der Waals surface area contributed by atoms with Gasteiger partial charge in [0, 0.05) is 22.9 Å². The van der Waals surface area contributed by atoms with Gasteiger partial charge in [0.25, 0.3) is 0 Å². The minimum atomic E-state index is -0.484. The molecule has 1 aromatic heterocycles. The van der Waals surface area contributed by atoms with Crippen molar-refractivity contribution < 1.29 is 9.18 Å². The van der Waals surface area contributed by atoms with Gasteiger partial charge in [-0.3, -0.25) is 4.79 Å². The van der Waals surface area contributed by atoms with E-state index in [-0.39, 0.29) is 5.82 Å². The van der Waals surface area contributed by atoms with E-state index in [0.29, 0.717) is 11.4 Å². The highest BCUT2D eigenvalue weighted by Gasteiger charge is 2.08. The lowest BCUT2D eigenvalue weighted by atomic mass is 10.00. The van der Waals surface area contributed by atoms with Crippen molar-refractivity contribution in [3.8, 4) is 22.3 Å². The van der Waals surface area contributed by atoms with E-state index in [4.69, 9.17) is 11.5 Å². The molecule has 4 nitrogen and oxygen atoms in total. The van der Waals surface area contributed by atoms with Crippen molar-refractivity contribution in [2.24, 2.45) is 5.73 Å². The monoisotopic (exact) mass is 307 g/mol. The molecule has 0 saturated carbocycles. The Morgan fingerprint density at radius 1 is 0.913 bits per heavy atom. The molecule has 23 heavy (non-hydrogen) atoms. The lowest BCUT2D eigenvalue weighted by Crippen LogP contribution is -2.10. The number of hydrogen-bond acceptors (Lipinski definition) is 3. The van der Waals surface area contributed by atoms with Crippen molar-refractivity contribution in [2.45, 2.75) is 0 Å². The Labute approximate surface area is 132 Å². The number of amides is 1. The highest BCUT2D eigenvalue weighted by atomic mass is 19.1. The van der Waals surface area contributed by atoms with Crippen molar-refractivity contribution >= 4 is 11.7 Å². The van der Waals surface area contributed by atoms with Crippen molar-refractivity contribution in [3.05, 3.63) is 72.2 Å². The Kier molecular flexibility index (Phi) is 3.76. The molecule has 0 aliphatic heterocycles. The number of carbonyl (C=O) groups is 1. The molecule has 114 valence electrons. The number of halogens is 1. The number of aromatic nitrogens is 1. The molecule has 0 aliphatic rings. The first-order chi connectivity index (χ1) is 11.0. The second-order valence-corrected chi connectivity index (χ2v) is 5.11. The summed E-state index contributed by atoms with van der Waals surface area (Å²) in [5, 5.41) is 0. The number of rotatable bonds is 3. The van der Waals surface area contributed by atoms with Crippen LogP contribution in [0.4, 0.5) is 10.2 Å². The molecule has 3 rings (SSSR count). The predicted molar refractivity (Wildman–Crippen MR) is 88.0 cm³/mol. The van der Waals surface area contributed by atoms with Gasteiger partial charge in [-0.1, -0.05) is 24.3 Å². The normalized spacial score (nSPS) is 10.5. The van der Waals surface area contributed by atoms with Gasteiger partial charge >= 0.3 is 0 Å². The predicted octanol–water partition coefficient (Wildman–Crippen LogP) is 3.24. The first-order valence-electron chi connectivity index (χ1n) is 6.96. The van der Waals surface area contributed by atoms with Gasteiger partial charge in [-0.05, 0) is 41.5 Å². The highest BCUT2D eigenvalue weighted by molar-refractivity contribution is 5.93. The minimum absolute atomic E-state index is 0.292. The van der Waals surface area contributed by atoms with Crippen LogP contribution in [-0.4, -0.2) is 10.9 Å². The topological polar surface area (TPSA) is 82.0 Å². The van der Waals surface area contributed by atoms with Crippen LogP contribution >= 0.6 is 0 Å². The quantitative estimate of drug-likeness (QED) is 0.779. The molecule has 4 N–H and O–H groups in total. The molecule has 0 unspecified atom stereocenters. The summed E-state index contributed by atoms with van der Waals surface area (Å²) in [6, 6.07) is 14.9. The highest BCUT2D eigenvalue weighted by Crippen LogP contribution is 2.29. The Hall–Kier alpha value is -3.21. The fraction of sp³-hybridized carbons (Fsp3) is 0. The van der Waals surface area contributed by atoms with E-state index >= 15 is 0 Å². The van der Waals surface area contributed by atoms with Gasteiger partial charge in [-0.2, -0.15) is 0 Å². The first-order valence-corrected chi connectivity index (χ1v) is 6.96. The maximum Gasteiger partial charge on any atom is 0.248 e. The van der Waals surface area contributed by atoms with Gasteiger partial charge in [0.1, 0.15) is 11.6 Å². The minimum Gasteiger partial charge on any atom is -0.383 e. The van der Waals surface area contributed by atoms with Crippen molar-refractivity contribution in [1.82, 2.24) is 4.98 Å². The summed E-state index contributed by atoms with van der Waals surface area (Å²) in [6.07, 6.45) is 1.64. The molecule has 0 fully saturated rings. The van der Waals surface area contributed by atoms with Gasteiger partial charge in [-0.25, -0.2) is 9.37 Å². The standard InChI is InChI=1S/C18H14FN3O/c19-15-7-5-11(6-8-15)14-9-16(17(20)22-10-14)12-1-3-13(4-2-12)18(21)23/h1-10H,(H2,20,22)(H2,21,23). The van der Waals surface area contributed by atoms with E-state index in [1.54, 1.807) is 42.6 Å². The molecule has 3 aromatic rings. The van der Waals surface area contributed by atoms with E-state index < -0.39 is 5.91 Å². The second kappa shape index (κ2) is 5.88. The maximum atomic E-state index is 13.0. The Balaban J connectivity index is 2.03. The van der Waals surface area contributed by atoms with E-state index in [9.17, 15) is 9.18 Å². The Morgan fingerprint density at radius 2 is 1.52 bits per heavy atom. The molecule has 0 aliphatic carbocycles. The third kappa shape index (κ3) is 3.03. The maximum absolute atomic E-state index is 13.0. The van der Waals surface area contributed by atoms with Crippen LogP contribution in [0.5, 0.6) is 0 Å². The Bertz CT molecular complexity index is 858. The molecule has 1 heterocycles. The summed E-state index contributed by atoms with van der Waals surface area (Å²) < 4.78 is 13.0. The molecule has 1 amide bonds. The third-order valence-electron chi connectivity index (χ3n) is 3.58. The number of nitrogens with zero attached hydrogens (tertiary/aromatic N) is 1. The smallest absolute Gasteiger partial charge is 0.248 e. The molecular weight excluding hydrogens is 293 g/mol. The number of hydrogen-bond donors (Lipinski definition) is 2. The number of primary amides is 1. The zero-order valence-corrected chi connectivity index (χ0v) is 12.2. The summed E-state index contributed by atoms with van der Waals surface area (Å²) >= 11 is 0. The molecular formula is C18H14FN3O. The lowest BCUT2D eigenvalue weighted by molar-refractivity contribution is 0.100. The number of carbonyl (C=O) groups excluding carboxylic acids is 1. The van der Waals surface area contributed by atoms with Gasteiger partial charge in [-0.15, -0.1) is 0 Å². The van der Waals surface area contributed by atoms with Crippen LogP contribution in [-0.2, 0) is 0 Å². The number of nitrogens with two attached hydrogens (primary N) is 2. The average Bonchev–Trinajstić information content (AvgIpc) is 2.56. The molecule has 0 spiro atoms. The largest absolute Gasteiger partial charge is 0.383 e. The summed E-state index contributed by atoms with van der Waals surface area (Å²) in [4.78, 5) is 15.3. The number of benzene rings is 2. The fourth-order valence-electron chi connectivity index (χ4n) is 2.32. The molecule has 0 saturated heterocycles. The third-order valence-corrected chi connectivity index (χ3v) is 3.58. The summed E-state index contributed by atoms with van der Waals surface area (Å²) in [6.45, 7) is 0. The number of anilines is 1. The van der Waals surface area contributed by atoms with Crippen molar-refractivity contribution in [1.29, 1.82) is 0 Å². The van der Waals surface area contributed by atoms with Crippen LogP contribution in [0.15, 0.2) is 60.8 Å². The van der Waals surface area contributed by atoms with Crippen LogP contribution in [0.1, 0.15) is 10.4 Å². The SMILES string of the molecule is NC(=O)c1ccc(-c2cc(-c3ccc(F)cc3)cnc2N)cc1. The molecule has 0 radical (unpaired) electrons. The molecule has 0 atom stereocenters. The van der Waals surface area contributed by atoms with E-state index in [0.717, 1.165) is 22.3 Å². The second-order valence-electron chi connectivity index (χ2n) is 5.11. The summed E-state index contributed by atoms with van der Waals surface area (Å²) in [5.41, 5.74) is 14.9. The van der Waals surface area contributed by atoms with Gasteiger partial charge < -0.3 is 11.5 Å². The van der Waals surface area contributed by atoms with Crippen LogP contribution in [0, 0.1) is 5.82 Å². The lowest BCUT2D eigenvalue weighted by Gasteiger charge is -2.09. The van der Waals surface area contributed by atoms with Gasteiger partial charge in [0.05, 0.1) is 0 Å². The molecule has 2 aromatic carbocycles. The molecule has 0 bridgehead atoms. The van der Waals surface area contributed by atoms with Crippen LogP contribution in [0.25, 0.3) is 22.3 Å². The van der Waals surface area contributed by atoms with Gasteiger partial charge in [0.2, 0.25) is 5.91 Å². The van der Waals surface area contributed by atoms with E-state index in [1.807, 2.05) is 6.07 Å².